The zero-order valence-corrected chi connectivity index (χ0v) is 19.4. The third kappa shape index (κ3) is 5.04. The van der Waals surface area contributed by atoms with E-state index in [1.807, 2.05) is 46.3 Å². The molecule has 0 radical (unpaired) electrons. The van der Waals surface area contributed by atoms with Crippen LogP contribution in [0.1, 0.15) is 0 Å². The highest BCUT2D eigenvalue weighted by Crippen LogP contribution is 2.31. The summed E-state index contributed by atoms with van der Waals surface area (Å²) in [5, 5.41) is 15.2. The lowest BCUT2D eigenvalue weighted by Gasteiger charge is -2.10. The fourth-order valence-electron chi connectivity index (χ4n) is 2.82. The summed E-state index contributed by atoms with van der Waals surface area (Å²) in [5.74, 6) is 1.22. The third-order valence-electron chi connectivity index (χ3n) is 4.23. The van der Waals surface area contributed by atoms with Crippen molar-refractivity contribution in [1.29, 1.82) is 0 Å². The standard InChI is InChI=1S/C21H16Cl2N4O2S2/c1-29-17-9-6-14(11-16(17)23)24-19(28)12-31-21-26-25-20(18-3-2-10-30-18)27(21)15-7-4-13(22)5-8-15/h2-11H,12H2,1H3,(H,24,28). The van der Waals surface area contributed by atoms with E-state index in [-0.39, 0.29) is 11.7 Å². The molecule has 0 atom stereocenters. The first-order chi connectivity index (χ1) is 15.0. The van der Waals surface area contributed by atoms with Crippen LogP contribution >= 0.6 is 46.3 Å². The van der Waals surface area contributed by atoms with Crippen LogP contribution < -0.4 is 10.1 Å². The zero-order chi connectivity index (χ0) is 21.8. The molecule has 31 heavy (non-hydrogen) atoms. The molecule has 6 nitrogen and oxygen atoms in total. The molecule has 0 saturated carbocycles. The van der Waals surface area contributed by atoms with Crippen molar-refractivity contribution >= 4 is 57.9 Å². The van der Waals surface area contributed by atoms with Crippen LogP contribution in [0.15, 0.2) is 65.1 Å². The molecule has 2 aromatic heterocycles. The zero-order valence-electron chi connectivity index (χ0n) is 16.2. The Bertz CT molecular complexity index is 1190. The van der Waals surface area contributed by atoms with Crippen LogP contribution in [0.5, 0.6) is 5.75 Å². The number of carbonyl (C=O) groups excluding carboxylic acids is 1. The number of aromatic nitrogens is 3. The van der Waals surface area contributed by atoms with Crippen molar-refractivity contribution in [2.75, 3.05) is 18.2 Å². The summed E-state index contributed by atoms with van der Waals surface area (Å²) < 4.78 is 7.05. The normalized spacial score (nSPS) is 10.8. The Labute approximate surface area is 197 Å². The second-order valence-corrected chi connectivity index (χ2v) is 9.02. The molecule has 0 saturated heterocycles. The maximum absolute atomic E-state index is 12.5. The van der Waals surface area contributed by atoms with Gasteiger partial charge in [-0.2, -0.15) is 0 Å². The van der Waals surface area contributed by atoms with Crippen molar-refractivity contribution in [2.24, 2.45) is 0 Å². The Kier molecular flexibility index (Phi) is 6.82. The number of anilines is 1. The minimum Gasteiger partial charge on any atom is -0.495 e. The van der Waals surface area contributed by atoms with Crippen molar-refractivity contribution < 1.29 is 9.53 Å². The molecule has 1 N–H and O–H groups in total. The van der Waals surface area contributed by atoms with Crippen LogP contribution in [0.25, 0.3) is 16.4 Å². The van der Waals surface area contributed by atoms with Gasteiger partial charge in [-0.15, -0.1) is 21.5 Å². The molecule has 4 aromatic rings. The number of thioether (sulfide) groups is 1. The third-order valence-corrected chi connectivity index (χ3v) is 6.57. The van der Waals surface area contributed by atoms with Gasteiger partial charge < -0.3 is 10.1 Å². The molecule has 4 rings (SSSR count). The Hall–Kier alpha value is -2.52. The molecule has 2 heterocycles. The summed E-state index contributed by atoms with van der Waals surface area (Å²) in [5.41, 5.74) is 1.46. The lowest BCUT2D eigenvalue weighted by atomic mass is 10.3. The van der Waals surface area contributed by atoms with Gasteiger partial charge >= 0.3 is 0 Å². The van der Waals surface area contributed by atoms with Gasteiger partial charge in [0.15, 0.2) is 11.0 Å². The van der Waals surface area contributed by atoms with Crippen LogP contribution in [0.4, 0.5) is 5.69 Å². The van der Waals surface area contributed by atoms with E-state index in [0.717, 1.165) is 10.6 Å². The van der Waals surface area contributed by atoms with Crippen LogP contribution in [0.2, 0.25) is 10.0 Å². The monoisotopic (exact) mass is 490 g/mol. The second-order valence-electron chi connectivity index (χ2n) is 6.28. The largest absolute Gasteiger partial charge is 0.495 e. The molecule has 0 aliphatic carbocycles. The minimum absolute atomic E-state index is 0.153. The quantitative estimate of drug-likeness (QED) is 0.319. The SMILES string of the molecule is COc1ccc(NC(=O)CSc2nnc(-c3cccs3)n2-c2ccc(Cl)cc2)cc1Cl. The summed E-state index contributed by atoms with van der Waals surface area (Å²) in [6.07, 6.45) is 0. The number of amides is 1. The summed E-state index contributed by atoms with van der Waals surface area (Å²) in [4.78, 5) is 13.5. The van der Waals surface area contributed by atoms with Gasteiger partial charge in [0, 0.05) is 16.4 Å². The molecule has 1 amide bonds. The molecule has 0 aliphatic heterocycles. The van der Waals surface area contributed by atoms with E-state index in [9.17, 15) is 4.79 Å². The predicted molar refractivity (Wildman–Crippen MR) is 127 cm³/mol. The predicted octanol–water partition coefficient (Wildman–Crippen LogP) is 6.04. The van der Waals surface area contributed by atoms with Gasteiger partial charge in [-0.3, -0.25) is 9.36 Å². The molecular formula is C21H16Cl2N4O2S2. The molecular weight excluding hydrogens is 475 g/mol. The Morgan fingerprint density at radius 1 is 1.16 bits per heavy atom. The maximum Gasteiger partial charge on any atom is 0.234 e. The van der Waals surface area contributed by atoms with Gasteiger partial charge in [-0.25, -0.2) is 0 Å². The number of rotatable bonds is 7. The Morgan fingerprint density at radius 3 is 2.65 bits per heavy atom. The minimum atomic E-state index is -0.186. The van der Waals surface area contributed by atoms with Crippen molar-refractivity contribution in [3.8, 4) is 22.1 Å². The number of benzene rings is 2. The molecule has 0 unspecified atom stereocenters. The van der Waals surface area contributed by atoms with E-state index < -0.39 is 0 Å². The van der Waals surface area contributed by atoms with Crippen LogP contribution in [0, 0.1) is 0 Å². The van der Waals surface area contributed by atoms with E-state index in [0.29, 0.717) is 32.5 Å². The van der Waals surface area contributed by atoms with E-state index in [4.69, 9.17) is 27.9 Å². The first-order valence-electron chi connectivity index (χ1n) is 9.06. The van der Waals surface area contributed by atoms with E-state index >= 15 is 0 Å². The van der Waals surface area contributed by atoms with E-state index in [2.05, 4.69) is 15.5 Å². The summed E-state index contributed by atoms with van der Waals surface area (Å²) in [6.45, 7) is 0. The molecule has 0 spiro atoms. The maximum atomic E-state index is 12.5. The molecule has 0 fully saturated rings. The molecule has 158 valence electrons. The number of ether oxygens (including phenoxy) is 1. The first-order valence-corrected chi connectivity index (χ1v) is 11.7. The molecule has 2 aromatic carbocycles. The van der Waals surface area contributed by atoms with E-state index in [1.165, 1.54) is 18.9 Å². The first kappa shape index (κ1) is 21.7. The number of nitrogens with zero attached hydrogens (tertiary/aromatic N) is 3. The highest BCUT2D eigenvalue weighted by Gasteiger charge is 2.18. The van der Waals surface area contributed by atoms with Gasteiger partial charge in [0.1, 0.15) is 5.75 Å². The van der Waals surface area contributed by atoms with E-state index in [1.54, 1.807) is 29.5 Å². The number of methoxy groups -OCH3 is 1. The smallest absolute Gasteiger partial charge is 0.234 e. The number of thiophene rings is 1. The topological polar surface area (TPSA) is 69.0 Å². The second kappa shape index (κ2) is 9.74. The summed E-state index contributed by atoms with van der Waals surface area (Å²) in [7, 11) is 1.54. The molecule has 0 aliphatic rings. The van der Waals surface area contributed by atoms with Crippen molar-refractivity contribution in [2.45, 2.75) is 5.16 Å². The van der Waals surface area contributed by atoms with Crippen molar-refractivity contribution in [3.05, 3.63) is 70.0 Å². The summed E-state index contributed by atoms with van der Waals surface area (Å²) >= 11 is 15.0. The number of hydrogen-bond donors (Lipinski definition) is 1. The number of nitrogens with one attached hydrogen (secondary N) is 1. The van der Waals surface area contributed by atoms with Crippen molar-refractivity contribution in [3.63, 3.8) is 0 Å². The van der Waals surface area contributed by atoms with Gasteiger partial charge in [-0.05, 0) is 53.9 Å². The Morgan fingerprint density at radius 2 is 1.97 bits per heavy atom. The van der Waals surface area contributed by atoms with Crippen LogP contribution in [-0.4, -0.2) is 33.5 Å². The van der Waals surface area contributed by atoms with Crippen LogP contribution in [-0.2, 0) is 4.79 Å². The van der Waals surface area contributed by atoms with Gasteiger partial charge in [0.2, 0.25) is 5.91 Å². The van der Waals surface area contributed by atoms with Gasteiger partial charge in [0.05, 0.1) is 22.8 Å². The number of hydrogen-bond acceptors (Lipinski definition) is 6. The molecule has 10 heteroatoms. The van der Waals surface area contributed by atoms with Gasteiger partial charge in [-0.1, -0.05) is 41.0 Å². The lowest BCUT2D eigenvalue weighted by Crippen LogP contribution is -2.14. The fourth-order valence-corrected chi connectivity index (χ4v) is 4.66. The Balaban J connectivity index is 1.54. The summed E-state index contributed by atoms with van der Waals surface area (Å²) in [6, 6.07) is 16.4. The number of halogens is 2. The fraction of sp³-hybridized carbons (Fsp3) is 0.0952. The highest BCUT2D eigenvalue weighted by molar-refractivity contribution is 7.99. The van der Waals surface area contributed by atoms with Crippen LogP contribution in [0.3, 0.4) is 0 Å². The van der Waals surface area contributed by atoms with Gasteiger partial charge in [0.25, 0.3) is 0 Å². The highest BCUT2D eigenvalue weighted by atomic mass is 35.5. The average Bonchev–Trinajstić information content (AvgIpc) is 3.43. The average molecular weight is 491 g/mol. The lowest BCUT2D eigenvalue weighted by molar-refractivity contribution is -0.113. The molecule has 0 bridgehead atoms. The van der Waals surface area contributed by atoms with Crippen molar-refractivity contribution in [1.82, 2.24) is 14.8 Å². The number of carbonyl (C=O) groups is 1.